The van der Waals surface area contributed by atoms with Crippen molar-refractivity contribution < 1.29 is 75.8 Å². The highest BCUT2D eigenvalue weighted by Crippen LogP contribution is 2.61. The second-order valence-electron chi connectivity index (χ2n) is 5.40. The van der Waals surface area contributed by atoms with E-state index in [1.54, 1.807) is 0 Å². The first-order valence-electron chi connectivity index (χ1n) is 6.55. The van der Waals surface area contributed by atoms with Gasteiger partial charge >= 0.3 is 47.9 Å². The number of allylic oxidation sites excluding steroid dienone is 1. The number of halogens is 15. The van der Waals surface area contributed by atoms with E-state index in [0.717, 1.165) is 0 Å². The molecule has 0 aliphatic heterocycles. The molecule has 1 N–H and O–H groups in total. The Bertz CT molecular complexity index is 652. The van der Waals surface area contributed by atoms with Gasteiger partial charge in [-0.25, -0.2) is 18.0 Å². The molecule has 1 unspecified atom stereocenters. The van der Waals surface area contributed by atoms with Crippen LogP contribution in [0.4, 0.5) is 65.9 Å². The van der Waals surface area contributed by atoms with Gasteiger partial charge in [-0.15, -0.1) is 0 Å². The van der Waals surface area contributed by atoms with Crippen LogP contribution in [0, 0.1) is 0 Å². The fraction of sp³-hybridized carbons (Fsp3) is 0.750. The summed E-state index contributed by atoms with van der Waals surface area (Å²) in [5, 5.41) is 8.25. The van der Waals surface area contributed by atoms with Gasteiger partial charge in [-0.05, 0) is 13.0 Å². The summed E-state index contributed by atoms with van der Waals surface area (Å²) in [6.45, 7) is 0.243. The molecular formula is C12H7F15O2. The third-order valence-electron chi connectivity index (χ3n) is 3.37. The molecule has 0 aliphatic carbocycles. The van der Waals surface area contributed by atoms with E-state index in [2.05, 4.69) is 0 Å². The van der Waals surface area contributed by atoms with Crippen LogP contribution in [0.25, 0.3) is 0 Å². The topological polar surface area (TPSA) is 37.3 Å². The van der Waals surface area contributed by atoms with E-state index in [1.165, 1.54) is 0 Å². The summed E-state index contributed by atoms with van der Waals surface area (Å²) in [6.07, 6.45) is -11.7. The molecule has 29 heavy (non-hydrogen) atoms. The SMILES string of the molecule is CC(=CC(F)C(F)(F)C(F)(F)C(F)(F)C(F)(F)C(F)(F)C(F)(F)C(F)F)C(=O)O. The lowest BCUT2D eigenvalue weighted by molar-refractivity contribution is -0.435. The molecule has 0 aromatic rings. The zero-order chi connectivity index (χ0) is 24.0. The first kappa shape index (κ1) is 27.2. The highest BCUT2D eigenvalue weighted by atomic mass is 19.4. The third kappa shape index (κ3) is 3.83. The Kier molecular flexibility index (Phi) is 6.97. The molecule has 0 aliphatic rings. The lowest BCUT2D eigenvalue weighted by Crippen LogP contribution is -2.72. The first-order valence-corrected chi connectivity index (χ1v) is 6.55. The summed E-state index contributed by atoms with van der Waals surface area (Å²) in [5.41, 5.74) is -1.56. The van der Waals surface area contributed by atoms with E-state index in [-0.39, 0.29) is 6.92 Å². The quantitative estimate of drug-likeness (QED) is 0.362. The van der Waals surface area contributed by atoms with E-state index in [4.69, 9.17) is 5.11 Å². The summed E-state index contributed by atoms with van der Waals surface area (Å²) in [5.74, 6) is -49.2. The Hall–Kier alpha value is -1.84. The lowest BCUT2D eigenvalue weighted by atomic mass is 9.89. The van der Waals surface area contributed by atoms with E-state index in [1.807, 2.05) is 0 Å². The Labute approximate surface area is 150 Å². The molecule has 0 heterocycles. The number of alkyl halides is 15. The maximum Gasteiger partial charge on any atom is 0.384 e. The number of carbonyl (C=O) groups is 1. The fourth-order valence-electron chi connectivity index (χ4n) is 1.52. The number of hydrogen-bond acceptors (Lipinski definition) is 1. The van der Waals surface area contributed by atoms with E-state index < -0.39 is 65.8 Å². The van der Waals surface area contributed by atoms with Crippen molar-refractivity contribution >= 4 is 5.97 Å². The normalized spacial score (nSPS) is 16.9. The van der Waals surface area contributed by atoms with Crippen molar-refractivity contribution in [1.82, 2.24) is 0 Å². The van der Waals surface area contributed by atoms with E-state index in [0.29, 0.717) is 0 Å². The van der Waals surface area contributed by atoms with Crippen LogP contribution in [0.5, 0.6) is 0 Å². The van der Waals surface area contributed by atoms with Crippen LogP contribution in [0.1, 0.15) is 6.92 Å². The molecule has 0 saturated carbocycles. The number of carboxylic acid groups (broad SMARTS) is 1. The monoisotopic (exact) mass is 468 g/mol. The summed E-state index contributed by atoms with van der Waals surface area (Å²) >= 11 is 0. The van der Waals surface area contributed by atoms with Crippen LogP contribution in [0.15, 0.2) is 11.6 Å². The van der Waals surface area contributed by atoms with Crippen molar-refractivity contribution in [2.75, 3.05) is 0 Å². The molecule has 0 fully saturated rings. The molecule has 0 radical (unpaired) electrons. The van der Waals surface area contributed by atoms with E-state index in [9.17, 15) is 70.7 Å². The number of hydrogen-bond donors (Lipinski definition) is 1. The average molecular weight is 468 g/mol. The molecule has 0 aromatic carbocycles. The van der Waals surface area contributed by atoms with Gasteiger partial charge in [0.25, 0.3) is 0 Å². The minimum atomic E-state index is -8.27. The second-order valence-corrected chi connectivity index (χ2v) is 5.40. The fourth-order valence-corrected chi connectivity index (χ4v) is 1.52. The maximum absolute atomic E-state index is 13.3. The Morgan fingerprint density at radius 1 is 0.690 bits per heavy atom. The van der Waals surface area contributed by atoms with Crippen LogP contribution >= 0.6 is 0 Å². The molecule has 0 spiro atoms. The van der Waals surface area contributed by atoms with Crippen molar-refractivity contribution in [3.05, 3.63) is 11.6 Å². The Morgan fingerprint density at radius 3 is 1.28 bits per heavy atom. The first-order chi connectivity index (χ1) is 12.4. The Morgan fingerprint density at radius 2 is 1.00 bits per heavy atom. The lowest BCUT2D eigenvalue weighted by Gasteiger charge is -2.41. The average Bonchev–Trinajstić information content (AvgIpc) is 2.53. The number of rotatable bonds is 9. The molecule has 0 saturated heterocycles. The van der Waals surface area contributed by atoms with Gasteiger partial charge in [0.1, 0.15) is 0 Å². The van der Waals surface area contributed by atoms with Crippen molar-refractivity contribution in [2.45, 2.75) is 55.1 Å². The summed E-state index contributed by atoms with van der Waals surface area (Å²) in [6, 6.07) is 0. The molecule has 2 nitrogen and oxygen atoms in total. The molecule has 0 aromatic heterocycles. The maximum atomic E-state index is 13.3. The second kappa shape index (κ2) is 7.45. The van der Waals surface area contributed by atoms with Crippen molar-refractivity contribution in [3.8, 4) is 0 Å². The van der Waals surface area contributed by atoms with Gasteiger partial charge in [-0.2, -0.15) is 52.7 Å². The van der Waals surface area contributed by atoms with Crippen LogP contribution < -0.4 is 0 Å². The zero-order valence-corrected chi connectivity index (χ0v) is 13.3. The van der Waals surface area contributed by atoms with Crippen LogP contribution in [-0.2, 0) is 4.79 Å². The predicted octanol–water partition coefficient (Wildman–Crippen LogP) is 5.43. The van der Waals surface area contributed by atoms with Gasteiger partial charge < -0.3 is 5.11 Å². The third-order valence-corrected chi connectivity index (χ3v) is 3.37. The molecule has 0 bridgehead atoms. The minimum Gasteiger partial charge on any atom is -0.478 e. The number of aliphatic carboxylic acids is 1. The van der Waals surface area contributed by atoms with Gasteiger partial charge in [0.05, 0.1) is 0 Å². The van der Waals surface area contributed by atoms with Crippen LogP contribution in [0.2, 0.25) is 0 Å². The molecule has 1 atom stereocenters. The van der Waals surface area contributed by atoms with Crippen molar-refractivity contribution in [2.24, 2.45) is 0 Å². The predicted molar refractivity (Wildman–Crippen MR) is 62.0 cm³/mol. The summed E-state index contributed by atoms with van der Waals surface area (Å²) in [7, 11) is 0. The van der Waals surface area contributed by atoms with Crippen molar-refractivity contribution in [3.63, 3.8) is 0 Å². The minimum absolute atomic E-state index is 0.243. The highest BCUT2D eigenvalue weighted by molar-refractivity contribution is 5.85. The Balaban J connectivity index is 6.52. The molecule has 0 amide bonds. The molecular weight excluding hydrogens is 461 g/mol. The molecule has 17 heteroatoms. The van der Waals surface area contributed by atoms with Gasteiger partial charge in [0.15, 0.2) is 6.17 Å². The number of carboxylic acids is 1. The largest absolute Gasteiger partial charge is 0.478 e. The van der Waals surface area contributed by atoms with E-state index >= 15 is 0 Å². The van der Waals surface area contributed by atoms with Gasteiger partial charge in [-0.3, -0.25) is 0 Å². The van der Waals surface area contributed by atoms with Crippen LogP contribution in [-0.4, -0.2) is 59.2 Å². The summed E-state index contributed by atoms with van der Waals surface area (Å²) in [4.78, 5) is 10.3. The molecule has 172 valence electrons. The van der Waals surface area contributed by atoms with Gasteiger partial charge in [-0.1, -0.05) is 0 Å². The van der Waals surface area contributed by atoms with Gasteiger partial charge in [0.2, 0.25) is 0 Å². The van der Waals surface area contributed by atoms with Gasteiger partial charge in [0, 0.05) is 5.57 Å². The van der Waals surface area contributed by atoms with Crippen LogP contribution in [0.3, 0.4) is 0 Å². The highest BCUT2D eigenvalue weighted by Gasteiger charge is 2.91. The molecule has 0 rings (SSSR count). The van der Waals surface area contributed by atoms with Crippen molar-refractivity contribution in [1.29, 1.82) is 0 Å². The summed E-state index contributed by atoms with van der Waals surface area (Å²) < 4.78 is 194. The smallest absolute Gasteiger partial charge is 0.384 e. The zero-order valence-electron chi connectivity index (χ0n) is 13.3. The standard InChI is InChI=1S/C12H7F15O2/c1-3(5(28)29)2-4(13)7(16,17)9(20,21)11(24,25)12(26,27)10(22,23)8(18,19)6(14)15/h2,4,6H,1H3,(H,28,29).